The number of unbranched alkanes of at least 4 members (excludes halogenated alkanes) is 5. The molecule has 1 saturated carbocycles. The molecule has 0 saturated heterocycles. The van der Waals surface area contributed by atoms with Crippen LogP contribution in [0, 0.1) is 5.92 Å². The molecule has 1 fully saturated rings. The molecule has 0 aliphatic heterocycles. The van der Waals surface area contributed by atoms with Gasteiger partial charge in [0.05, 0.1) is 0 Å². The minimum atomic E-state index is 1.06. The van der Waals surface area contributed by atoms with Crippen molar-refractivity contribution in [1.82, 2.24) is 0 Å². The molecule has 0 N–H and O–H groups in total. The Kier molecular flexibility index (Phi) is 14.5. The van der Waals surface area contributed by atoms with Crippen LogP contribution in [0.4, 0.5) is 0 Å². The molecule has 0 unspecified atom stereocenters. The average molecular weight is 309 g/mol. The Morgan fingerprint density at radius 1 is 0.500 bits per heavy atom. The van der Waals surface area contributed by atoms with E-state index in [0.29, 0.717) is 0 Å². The predicted octanol–water partition coefficient (Wildman–Crippen LogP) is 8.44. The van der Waals surface area contributed by atoms with Crippen molar-refractivity contribution in [3.8, 4) is 0 Å². The lowest BCUT2D eigenvalue weighted by molar-refractivity contribution is 0.363. The van der Waals surface area contributed by atoms with Gasteiger partial charge in [0.15, 0.2) is 0 Å². The Balaban J connectivity index is 2.13. The van der Waals surface area contributed by atoms with E-state index in [1.807, 2.05) is 0 Å². The molecule has 0 heterocycles. The normalized spacial score (nSPS) is 20.6. The summed E-state index contributed by atoms with van der Waals surface area (Å²) in [6, 6.07) is 0. The molecule has 0 radical (unpaired) electrons. The van der Waals surface area contributed by atoms with Crippen molar-refractivity contribution in [2.24, 2.45) is 5.92 Å². The summed E-state index contributed by atoms with van der Waals surface area (Å²) in [6.07, 6.45) is 30.0. The number of hydrogen-bond donors (Lipinski definition) is 0. The molecule has 0 spiro atoms. The van der Waals surface area contributed by atoms with Gasteiger partial charge in [-0.1, -0.05) is 135 Å². The lowest BCUT2D eigenvalue weighted by atomic mass is 9.89. The molecule has 0 aromatic carbocycles. The van der Waals surface area contributed by atoms with Crippen molar-refractivity contribution >= 4 is 0 Å². The van der Waals surface area contributed by atoms with E-state index < -0.39 is 0 Å². The van der Waals surface area contributed by atoms with Gasteiger partial charge in [-0.2, -0.15) is 0 Å². The first-order valence-corrected chi connectivity index (χ1v) is 10.9. The third-order valence-electron chi connectivity index (χ3n) is 5.69. The van der Waals surface area contributed by atoms with Gasteiger partial charge in [0.2, 0.25) is 0 Å². The topological polar surface area (TPSA) is 0 Å². The first-order chi connectivity index (χ1) is 10.9. The van der Waals surface area contributed by atoms with Crippen LogP contribution in [-0.4, -0.2) is 0 Å². The summed E-state index contributed by atoms with van der Waals surface area (Å²) in [7, 11) is 0. The van der Waals surface area contributed by atoms with Gasteiger partial charge in [0, 0.05) is 0 Å². The van der Waals surface area contributed by atoms with E-state index in [4.69, 9.17) is 0 Å². The lowest BCUT2D eigenvalue weighted by Crippen LogP contribution is -2.02. The van der Waals surface area contributed by atoms with Crippen LogP contribution < -0.4 is 0 Å². The van der Waals surface area contributed by atoms with Crippen LogP contribution in [0.1, 0.15) is 135 Å². The quantitative estimate of drug-likeness (QED) is 0.414. The van der Waals surface area contributed by atoms with E-state index in [9.17, 15) is 0 Å². The van der Waals surface area contributed by atoms with Crippen LogP contribution >= 0.6 is 0 Å². The SMILES string of the molecule is CCCCCCCCC1CCCCCCCCCCCCC1. The second-order valence-corrected chi connectivity index (χ2v) is 7.89. The molecule has 1 rings (SSSR count). The molecule has 22 heavy (non-hydrogen) atoms. The molecule has 1 aliphatic rings. The lowest BCUT2D eigenvalue weighted by Gasteiger charge is -2.17. The average Bonchev–Trinajstić information content (AvgIpc) is 2.54. The van der Waals surface area contributed by atoms with Crippen LogP contribution in [0.25, 0.3) is 0 Å². The van der Waals surface area contributed by atoms with Gasteiger partial charge in [0.1, 0.15) is 0 Å². The van der Waals surface area contributed by atoms with Crippen LogP contribution in [0.5, 0.6) is 0 Å². The van der Waals surface area contributed by atoms with E-state index in [-0.39, 0.29) is 0 Å². The Morgan fingerprint density at radius 2 is 0.909 bits per heavy atom. The second kappa shape index (κ2) is 15.9. The highest BCUT2D eigenvalue weighted by Crippen LogP contribution is 2.25. The molecule has 0 aromatic heterocycles. The molecule has 0 bridgehead atoms. The van der Waals surface area contributed by atoms with Gasteiger partial charge in [-0.05, 0) is 5.92 Å². The highest BCUT2D eigenvalue weighted by atomic mass is 14.1. The molecule has 0 nitrogen and oxygen atoms in total. The summed E-state index contributed by atoms with van der Waals surface area (Å²) in [5.74, 6) is 1.06. The minimum absolute atomic E-state index is 1.06. The van der Waals surface area contributed by atoms with E-state index >= 15 is 0 Å². The fraction of sp³-hybridized carbons (Fsp3) is 1.00. The highest BCUT2D eigenvalue weighted by molar-refractivity contribution is 4.62. The molecule has 0 amide bonds. The van der Waals surface area contributed by atoms with Crippen molar-refractivity contribution in [2.45, 2.75) is 135 Å². The second-order valence-electron chi connectivity index (χ2n) is 7.89. The van der Waals surface area contributed by atoms with E-state index in [0.717, 1.165) is 5.92 Å². The molecule has 0 heteroatoms. The van der Waals surface area contributed by atoms with Gasteiger partial charge in [0.25, 0.3) is 0 Å². The van der Waals surface area contributed by atoms with E-state index in [1.165, 1.54) is 128 Å². The zero-order valence-electron chi connectivity index (χ0n) is 15.7. The molecule has 0 atom stereocenters. The van der Waals surface area contributed by atoms with E-state index in [1.54, 1.807) is 0 Å². The van der Waals surface area contributed by atoms with Crippen LogP contribution in [0.15, 0.2) is 0 Å². The Bertz CT molecular complexity index is 194. The molecule has 1 aliphatic carbocycles. The summed E-state index contributed by atoms with van der Waals surface area (Å²) in [5.41, 5.74) is 0. The highest BCUT2D eigenvalue weighted by Gasteiger charge is 2.09. The van der Waals surface area contributed by atoms with E-state index in [2.05, 4.69) is 6.92 Å². The number of hydrogen-bond acceptors (Lipinski definition) is 0. The third-order valence-corrected chi connectivity index (χ3v) is 5.69. The summed E-state index contributed by atoms with van der Waals surface area (Å²) >= 11 is 0. The van der Waals surface area contributed by atoms with Crippen molar-refractivity contribution in [3.05, 3.63) is 0 Å². The Hall–Kier alpha value is 0. The van der Waals surface area contributed by atoms with Gasteiger partial charge < -0.3 is 0 Å². The fourth-order valence-corrected chi connectivity index (χ4v) is 4.10. The zero-order chi connectivity index (χ0) is 15.7. The molecular weight excluding hydrogens is 264 g/mol. The monoisotopic (exact) mass is 308 g/mol. The standard InChI is InChI=1S/C22H44/c1-2-3-4-5-13-16-19-22-20-17-14-11-9-7-6-8-10-12-15-18-21-22/h22H,2-21H2,1H3. The van der Waals surface area contributed by atoms with Crippen molar-refractivity contribution < 1.29 is 0 Å². The maximum Gasteiger partial charge on any atom is -0.0414 e. The summed E-state index contributed by atoms with van der Waals surface area (Å²) in [4.78, 5) is 0. The van der Waals surface area contributed by atoms with Crippen LogP contribution in [0.3, 0.4) is 0 Å². The Labute approximate surface area is 141 Å². The summed E-state index contributed by atoms with van der Waals surface area (Å²) < 4.78 is 0. The molecule has 0 aromatic rings. The molecular formula is C22H44. The number of rotatable bonds is 7. The van der Waals surface area contributed by atoms with Crippen LogP contribution in [-0.2, 0) is 0 Å². The zero-order valence-corrected chi connectivity index (χ0v) is 15.7. The first-order valence-electron chi connectivity index (χ1n) is 10.9. The maximum atomic E-state index is 2.31. The maximum absolute atomic E-state index is 2.31. The van der Waals surface area contributed by atoms with Gasteiger partial charge >= 0.3 is 0 Å². The molecule has 132 valence electrons. The van der Waals surface area contributed by atoms with Crippen molar-refractivity contribution in [2.75, 3.05) is 0 Å². The van der Waals surface area contributed by atoms with Gasteiger partial charge in [-0.25, -0.2) is 0 Å². The largest absolute Gasteiger partial charge is 0.0654 e. The summed E-state index contributed by atoms with van der Waals surface area (Å²) in [5, 5.41) is 0. The first kappa shape index (κ1) is 20.0. The predicted molar refractivity (Wildman–Crippen MR) is 102 cm³/mol. The van der Waals surface area contributed by atoms with Gasteiger partial charge in [-0.15, -0.1) is 0 Å². The van der Waals surface area contributed by atoms with Crippen molar-refractivity contribution in [1.29, 1.82) is 0 Å². The van der Waals surface area contributed by atoms with Crippen LogP contribution in [0.2, 0.25) is 0 Å². The fourth-order valence-electron chi connectivity index (χ4n) is 4.10. The third kappa shape index (κ3) is 12.5. The summed E-state index contributed by atoms with van der Waals surface area (Å²) in [6.45, 7) is 2.31. The smallest absolute Gasteiger partial charge is 0.0414 e. The van der Waals surface area contributed by atoms with Gasteiger partial charge in [-0.3, -0.25) is 0 Å². The Morgan fingerprint density at radius 3 is 1.41 bits per heavy atom. The minimum Gasteiger partial charge on any atom is -0.0654 e. The van der Waals surface area contributed by atoms with Crippen molar-refractivity contribution in [3.63, 3.8) is 0 Å².